The van der Waals surface area contributed by atoms with Crippen LogP contribution in [0, 0.1) is 0 Å². The average Bonchev–Trinajstić information content (AvgIpc) is 2.90. The number of ketones is 1. The number of rotatable bonds is 10. The first-order valence-electron chi connectivity index (χ1n) is 11.9. The SMILES string of the molecule is CC(=O)O[C@H]1C(=O)[C@H](OCc2ccccc2)[C@H](OCc2ccccc2)[C@@H](OCc2ccccc2)[C@@H]1O. The number of hydrogen-bond donors (Lipinski definition) is 1. The Morgan fingerprint density at radius 1 is 0.667 bits per heavy atom. The molecule has 3 aromatic carbocycles. The van der Waals surface area contributed by atoms with Gasteiger partial charge in [0.05, 0.1) is 19.8 Å². The van der Waals surface area contributed by atoms with Gasteiger partial charge in [-0.05, 0) is 16.7 Å². The smallest absolute Gasteiger partial charge is 0.303 e. The van der Waals surface area contributed by atoms with Crippen LogP contribution in [0.3, 0.4) is 0 Å². The van der Waals surface area contributed by atoms with Crippen molar-refractivity contribution in [1.29, 1.82) is 0 Å². The Hall–Kier alpha value is -3.36. The second-order valence-electron chi connectivity index (χ2n) is 8.66. The van der Waals surface area contributed by atoms with Crippen LogP contribution >= 0.6 is 0 Å². The normalized spacial score (nSPS) is 23.8. The Morgan fingerprint density at radius 2 is 1.08 bits per heavy atom. The molecule has 7 nitrogen and oxygen atoms in total. The van der Waals surface area contributed by atoms with Gasteiger partial charge in [-0.3, -0.25) is 9.59 Å². The number of aliphatic hydroxyl groups excluding tert-OH is 1. The molecule has 1 fully saturated rings. The molecule has 7 heteroatoms. The highest BCUT2D eigenvalue weighted by Crippen LogP contribution is 2.30. The molecule has 0 spiro atoms. The van der Waals surface area contributed by atoms with Gasteiger partial charge in [-0.25, -0.2) is 0 Å². The fourth-order valence-electron chi connectivity index (χ4n) is 4.18. The van der Waals surface area contributed by atoms with Gasteiger partial charge in [0.1, 0.15) is 24.4 Å². The maximum absolute atomic E-state index is 13.4. The molecule has 5 atom stereocenters. The Balaban J connectivity index is 1.61. The summed E-state index contributed by atoms with van der Waals surface area (Å²) < 4.78 is 23.6. The molecule has 1 saturated carbocycles. The van der Waals surface area contributed by atoms with E-state index >= 15 is 0 Å². The zero-order chi connectivity index (χ0) is 25.3. The van der Waals surface area contributed by atoms with Crippen LogP contribution in [-0.4, -0.2) is 47.4 Å². The van der Waals surface area contributed by atoms with Crippen molar-refractivity contribution in [2.45, 2.75) is 57.3 Å². The highest BCUT2D eigenvalue weighted by atomic mass is 16.6. The molecule has 0 radical (unpaired) electrons. The van der Waals surface area contributed by atoms with Crippen LogP contribution < -0.4 is 0 Å². The zero-order valence-corrected chi connectivity index (χ0v) is 20.1. The van der Waals surface area contributed by atoms with Crippen molar-refractivity contribution in [2.24, 2.45) is 0 Å². The van der Waals surface area contributed by atoms with Crippen molar-refractivity contribution in [2.75, 3.05) is 0 Å². The lowest BCUT2D eigenvalue weighted by Gasteiger charge is -2.42. The van der Waals surface area contributed by atoms with Gasteiger partial charge < -0.3 is 24.1 Å². The molecule has 188 valence electrons. The molecule has 0 aromatic heterocycles. The largest absolute Gasteiger partial charge is 0.452 e. The van der Waals surface area contributed by atoms with Crippen molar-refractivity contribution in [1.82, 2.24) is 0 Å². The molecule has 4 rings (SSSR count). The first-order chi connectivity index (χ1) is 17.5. The van der Waals surface area contributed by atoms with Crippen LogP contribution in [0.2, 0.25) is 0 Å². The number of carbonyl (C=O) groups is 2. The van der Waals surface area contributed by atoms with Crippen LogP contribution in [0.25, 0.3) is 0 Å². The number of Topliss-reactive ketones (excluding diaryl/α,β-unsaturated/α-hetero) is 1. The summed E-state index contributed by atoms with van der Waals surface area (Å²) in [7, 11) is 0. The van der Waals surface area contributed by atoms with E-state index in [1.165, 1.54) is 6.92 Å². The van der Waals surface area contributed by atoms with Gasteiger partial charge in [0.25, 0.3) is 0 Å². The molecule has 0 bridgehead atoms. The second-order valence-corrected chi connectivity index (χ2v) is 8.66. The Labute approximate surface area is 210 Å². The minimum Gasteiger partial charge on any atom is -0.452 e. The number of ether oxygens (including phenoxy) is 4. The Kier molecular flexibility index (Phi) is 8.97. The fourth-order valence-corrected chi connectivity index (χ4v) is 4.18. The summed E-state index contributed by atoms with van der Waals surface area (Å²) in [6.07, 6.45) is -5.91. The summed E-state index contributed by atoms with van der Waals surface area (Å²) in [5, 5.41) is 11.1. The lowest BCUT2D eigenvalue weighted by atomic mass is 9.85. The maximum atomic E-state index is 13.4. The summed E-state index contributed by atoms with van der Waals surface area (Å²) in [5.41, 5.74) is 2.64. The van der Waals surface area contributed by atoms with E-state index in [1.807, 2.05) is 91.0 Å². The number of hydrogen-bond acceptors (Lipinski definition) is 7. The first-order valence-corrected chi connectivity index (χ1v) is 11.9. The highest BCUT2D eigenvalue weighted by Gasteiger charge is 2.53. The highest BCUT2D eigenvalue weighted by molar-refractivity contribution is 5.91. The van der Waals surface area contributed by atoms with Crippen LogP contribution in [-0.2, 0) is 48.4 Å². The molecular formula is C29H30O7. The van der Waals surface area contributed by atoms with E-state index in [1.54, 1.807) is 0 Å². The van der Waals surface area contributed by atoms with Crippen molar-refractivity contribution in [3.8, 4) is 0 Å². The lowest BCUT2D eigenvalue weighted by molar-refractivity contribution is -0.225. The molecule has 0 unspecified atom stereocenters. The van der Waals surface area contributed by atoms with E-state index in [9.17, 15) is 14.7 Å². The Bertz CT molecular complexity index is 1100. The first kappa shape index (κ1) is 25.7. The molecule has 36 heavy (non-hydrogen) atoms. The molecule has 3 aromatic rings. The summed E-state index contributed by atoms with van der Waals surface area (Å²) in [5.74, 6) is -1.24. The number of benzene rings is 3. The number of aliphatic hydroxyl groups is 1. The predicted octanol–water partition coefficient (Wildman–Crippen LogP) is 3.62. The minimum atomic E-state index is -1.43. The van der Waals surface area contributed by atoms with Crippen LogP contribution in [0.4, 0.5) is 0 Å². The second kappa shape index (κ2) is 12.6. The summed E-state index contributed by atoms with van der Waals surface area (Å²) in [4.78, 5) is 25.2. The average molecular weight is 491 g/mol. The van der Waals surface area contributed by atoms with Gasteiger partial charge in [0.15, 0.2) is 6.10 Å². The minimum absolute atomic E-state index is 0.136. The van der Waals surface area contributed by atoms with Crippen LogP contribution in [0.15, 0.2) is 91.0 Å². The third-order valence-corrected chi connectivity index (χ3v) is 5.97. The molecule has 0 heterocycles. The van der Waals surface area contributed by atoms with Crippen molar-refractivity contribution in [3.63, 3.8) is 0 Å². The predicted molar refractivity (Wildman–Crippen MR) is 132 cm³/mol. The maximum Gasteiger partial charge on any atom is 0.303 e. The topological polar surface area (TPSA) is 91.3 Å². The van der Waals surface area contributed by atoms with E-state index in [0.717, 1.165) is 16.7 Å². The van der Waals surface area contributed by atoms with Gasteiger partial charge in [-0.15, -0.1) is 0 Å². The molecular weight excluding hydrogens is 460 g/mol. The molecule has 0 aliphatic heterocycles. The van der Waals surface area contributed by atoms with E-state index in [2.05, 4.69) is 0 Å². The third kappa shape index (κ3) is 6.65. The van der Waals surface area contributed by atoms with Gasteiger partial charge in [-0.2, -0.15) is 0 Å². The summed E-state index contributed by atoms with van der Waals surface area (Å²) in [6, 6.07) is 28.4. The van der Waals surface area contributed by atoms with Crippen LogP contribution in [0.1, 0.15) is 23.6 Å². The molecule has 0 saturated heterocycles. The van der Waals surface area contributed by atoms with Crippen molar-refractivity contribution >= 4 is 11.8 Å². The quantitative estimate of drug-likeness (QED) is 0.434. The van der Waals surface area contributed by atoms with Gasteiger partial charge >= 0.3 is 5.97 Å². The monoisotopic (exact) mass is 490 g/mol. The Morgan fingerprint density at radius 3 is 1.53 bits per heavy atom. The number of esters is 1. The third-order valence-electron chi connectivity index (χ3n) is 5.97. The van der Waals surface area contributed by atoms with Gasteiger partial charge in [0.2, 0.25) is 5.78 Å². The van der Waals surface area contributed by atoms with Crippen molar-refractivity contribution < 1.29 is 33.6 Å². The molecule has 1 aliphatic carbocycles. The lowest BCUT2D eigenvalue weighted by Crippen LogP contribution is -2.64. The van der Waals surface area contributed by atoms with E-state index in [4.69, 9.17) is 18.9 Å². The summed E-state index contributed by atoms with van der Waals surface area (Å²) in [6.45, 7) is 1.68. The van der Waals surface area contributed by atoms with Crippen molar-refractivity contribution in [3.05, 3.63) is 108 Å². The zero-order valence-electron chi connectivity index (χ0n) is 20.1. The molecule has 1 aliphatic rings. The van der Waals surface area contributed by atoms with E-state index in [-0.39, 0.29) is 19.8 Å². The standard InChI is InChI=1S/C29H30O7/c1-20(30)36-26-24(31)27(33-17-21-11-5-2-6-12-21)29(35-19-23-15-9-4-10-16-23)28(25(26)32)34-18-22-13-7-3-8-14-22/h2-16,24,26-29,31H,17-19H2,1H3/t24-,26-,27+,28+,29-/m1/s1. The van der Waals surface area contributed by atoms with Crippen LogP contribution in [0.5, 0.6) is 0 Å². The fraction of sp³-hybridized carbons (Fsp3) is 0.310. The molecule has 1 N–H and O–H groups in total. The van der Waals surface area contributed by atoms with Gasteiger partial charge in [-0.1, -0.05) is 91.0 Å². The van der Waals surface area contributed by atoms with E-state index < -0.39 is 42.3 Å². The van der Waals surface area contributed by atoms with Gasteiger partial charge in [0, 0.05) is 6.92 Å². The number of carbonyl (C=O) groups excluding carboxylic acids is 2. The summed E-state index contributed by atoms with van der Waals surface area (Å²) >= 11 is 0. The van der Waals surface area contributed by atoms with E-state index in [0.29, 0.717) is 0 Å². The molecule has 0 amide bonds.